The Morgan fingerprint density at radius 1 is 0.717 bits per heavy atom. The number of hydrogen-bond acceptors (Lipinski definition) is 8. The minimum atomic E-state index is -0.384. The summed E-state index contributed by atoms with van der Waals surface area (Å²) in [6, 6.07) is 20.8. The maximum absolute atomic E-state index is 13.7. The molecule has 3 aromatic carbocycles. The van der Waals surface area contributed by atoms with Crippen molar-refractivity contribution in [1.29, 1.82) is 0 Å². The molecule has 11 heteroatoms. The van der Waals surface area contributed by atoms with Gasteiger partial charge in [0.1, 0.15) is 11.5 Å². The lowest BCUT2D eigenvalue weighted by Crippen LogP contribution is -2.47. The zero-order valence-electron chi connectivity index (χ0n) is 26.2. The average molecular weight is 625 g/mol. The van der Waals surface area contributed by atoms with Crippen molar-refractivity contribution in [2.45, 2.75) is 18.9 Å². The van der Waals surface area contributed by atoms with E-state index < -0.39 is 0 Å². The molecule has 2 unspecified atom stereocenters. The predicted molar refractivity (Wildman–Crippen MR) is 175 cm³/mol. The van der Waals surface area contributed by atoms with Crippen LogP contribution < -0.4 is 40.0 Å². The molecule has 238 valence electrons. The molecule has 2 bridgehead atoms. The monoisotopic (exact) mass is 624 g/mol. The van der Waals surface area contributed by atoms with Crippen molar-refractivity contribution in [3.63, 3.8) is 0 Å². The van der Waals surface area contributed by atoms with Crippen LogP contribution in [0.1, 0.15) is 38.7 Å². The molecule has 0 aliphatic carbocycles. The lowest BCUT2D eigenvalue weighted by Gasteiger charge is -2.44. The molecule has 46 heavy (non-hydrogen) atoms. The molecule has 3 heterocycles. The Balaban J connectivity index is 1.34. The van der Waals surface area contributed by atoms with E-state index in [0.29, 0.717) is 65.1 Å². The Morgan fingerprint density at radius 3 is 2.17 bits per heavy atom. The van der Waals surface area contributed by atoms with Gasteiger partial charge in [0, 0.05) is 66.3 Å². The third-order valence-corrected chi connectivity index (χ3v) is 8.58. The molecule has 11 nitrogen and oxygen atoms in total. The van der Waals surface area contributed by atoms with E-state index in [0.717, 1.165) is 17.8 Å². The summed E-state index contributed by atoms with van der Waals surface area (Å²) in [4.78, 5) is 42.0. The molecular formula is C35H36N4O7. The number of nitrogens with one attached hydrogen (secondary N) is 2. The number of amides is 2. The first kappa shape index (κ1) is 30.6. The van der Waals surface area contributed by atoms with Crippen LogP contribution in [0.5, 0.6) is 23.0 Å². The molecule has 0 radical (unpaired) electrons. The Labute approximate surface area is 266 Å². The van der Waals surface area contributed by atoms with E-state index >= 15 is 0 Å². The van der Waals surface area contributed by atoms with Gasteiger partial charge in [-0.25, -0.2) is 0 Å². The number of piperidine rings is 1. The third-order valence-electron chi connectivity index (χ3n) is 8.58. The second kappa shape index (κ2) is 12.9. The van der Waals surface area contributed by atoms with E-state index in [2.05, 4.69) is 15.5 Å². The molecule has 4 aromatic rings. The van der Waals surface area contributed by atoms with Gasteiger partial charge in [0.2, 0.25) is 0 Å². The van der Waals surface area contributed by atoms with Crippen molar-refractivity contribution in [2.75, 3.05) is 57.1 Å². The number of fused-ring (bicyclic) bond motifs is 4. The average Bonchev–Trinajstić information content (AvgIpc) is 3.08. The van der Waals surface area contributed by atoms with Gasteiger partial charge in [-0.15, -0.1) is 0 Å². The topological polar surface area (TPSA) is 120 Å². The Hall–Kier alpha value is -5.45. The lowest BCUT2D eigenvalue weighted by atomic mass is 9.83. The minimum absolute atomic E-state index is 0.0205. The van der Waals surface area contributed by atoms with E-state index in [-0.39, 0.29) is 29.2 Å². The van der Waals surface area contributed by atoms with Gasteiger partial charge >= 0.3 is 0 Å². The largest absolute Gasteiger partial charge is 0.497 e. The van der Waals surface area contributed by atoms with Gasteiger partial charge in [-0.3, -0.25) is 14.4 Å². The van der Waals surface area contributed by atoms with Crippen molar-refractivity contribution in [3.8, 4) is 23.0 Å². The third kappa shape index (κ3) is 6.08. The Kier molecular flexibility index (Phi) is 8.56. The molecule has 1 fully saturated rings. The number of carbonyl (C=O) groups is 2. The molecule has 2 amide bonds. The predicted octanol–water partition coefficient (Wildman–Crippen LogP) is 5.01. The van der Waals surface area contributed by atoms with Crippen molar-refractivity contribution >= 4 is 28.9 Å². The number of anilines is 3. The van der Waals surface area contributed by atoms with E-state index in [4.69, 9.17) is 18.9 Å². The normalized spacial score (nSPS) is 16.6. The molecule has 0 spiro atoms. The van der Waals surface area contributed by atoms with Crippen LogP contribution >= 0.6 is 0 Å². The molecule has 1 saturated heterocycles. The number of nitrogens with zero attached hydrogens (tertiary/aromatic N) is 2. The number of methoxy groups -OCH3 is 4. The molecule has 6 rings (SSSR count). The number of ether oxygens (including phenoxy) is 4. The van der Waals surface area contributed by atoms with Crippen LogP contribution in [-0.2, 0) is 6.54 Å². The van der Waals surface area contributed by atoms with Gasteiger partial charge < -0.3 is 39.0 Å². The van der Waals surface area contributed by atoms with E-state index in [1.165, 1.54) is 21.3 Å². The second-order valence-electron chi connectivity index (χ2n) is 11.4. The number of rotatable bonds is 9. The van der Waals surface area contributed by atoms with Crippen LogP contribution in [0.25, 0.3) is 0 Å². The summed E-state index contributed by atoms with van der Waals surface area (Å²) in [7, 11) is 6.12. The second-order valence-corrected chi connectivity index (χ2v) is 11.4. The van der Waals surface area contributed by atoms with Crippen molar-refractivity contribution in [2.24, 2.45) is 5.92 Å². The molecule has 2 aliphatic heterocycles. The quantitative estimate of drug-likeness (QED) is 0.267. The van der Waals surface area contributed by atoms with Crippen LogP contribution in [0.4, 0.5) is 17.1 Å². The van der Waals surface area contributed by atoms with Crippen LogP contribution in [0.3, 0.4) is 0 Å². The summed E-state index contributed by atoms with van der Waals surface area (Å²) in [5, 5.41) is 5.96. The van der Waals surface area contributed by atoms with Crippen LogP contribution in [0.2, 0.25) is 0 Å². The van der Waals surface area contributed by atoms with E-state index in [1.807, 2.05) is 22.8 Å². The highest BCUT2D eigenvalue weighted by molar-refractivity contribution is 6.09. The van der Waals surface area contributed by atoms with Gasteiger partial charge in [-0.2, -0.15) is 0 Å². The first-order chi connectivity index (χ1) is 22.3. The van der Waals surface area contributed by atoms with Gasteiger partial charge in [0.05, 0.1) is 39.8 Å². The minimum Gasteiger partial charge on any atom is -0.497 e. The molecule has 2 N–H and O–H groups in total. The number of hydrogen-bond donors (Lipinski definition) is 2. The summed E-state index contributed by atoms with van der Waals surface area (Å²) < 4.78 is 23.3. The van der Waals surface area contributed by atoms with Crippen molar-refractivity contribution in [3.05, 3.63) is 100.0 Å². The van der Waals surface area contributed by atoms with Crippen LogP contribution in [0, 0.1) is 5.92 Å². The number of benzene rings is 3. The highest BCUT2D eigenvalue weighted by Crippen LogP contribution is 2.40. The SMILES string of the molecule is COc1cc(OC)cc(C(=O)Nc2cc(C(=O)Nc3ccc(OC)c(OC)c3)ccc2N2CC3CC(C2)c2cccc(=O)n2C3)c1. The van der Waals surface area contributed by atoms with Crippen molar-refractivity contribution < 1.29 is 28.5 Å². The summed E-state index contributed by atoms with van der Waals surface area (Å²) in [5.74, 6) is 1.65. The van der Waals surface area contributed by atoms with Gasteiger partial charge in [0.25, 0.3) is 17.4 Å². The van der Waals surface area contributed by atoms with Crippen molar-refractivity contribution in [1.82, 2.24) is 4.57 Å². The molecule has 1 aromatic heterocycles. The van der Waals surface area contributed by atoms with Crippen LogP contribution in [-0.4, -0.2) is 57.9 Å². The zero-order chi connectivity index (χ0) is 32.4. The summed E-state index contributed by atoms with van der Waals surface area (Å²) in [6.07, 6.45) is 0.983. The zero-order valence-corrected chi connectivity index (χ0v) is 26.2. The molecule has 2 aliphatic rings. The van der Waals surface area contributed by atoms with Gasteiger partial charge in [0.15, 0.2) is 11.5 Å². The first-order valence-electron chi connectivity index (χ1n) is 15.0. The summed E-state index contributed by atoms with van der Waals surface area (Å²) in [6.45, 7) is 2.00. The summed E-state index contributed by atoms with van der Waals surface area (Å²) >= 11 is 0. The van der Waals surface area contributed by atoms with Gasteiger partial charge in [-0.05, 0) is 60.9 Å². The number of carbonyl (C=O) groups excluding carboxylic acids is 2. The fourth-order valence-electron chi connectivity index (χ4n) is 6.40. The van der Waals surface area contributed by atoms with E-state index in [1.54, 1.807) is 61.7 Å². The van der Waals surface area contributed by atoms with Crippen LogP contribution in [0.15, 0.2) is 77.6 Å². The highest BCUT2D eigenvalue weighted by Gasteiger charge is 2.35. The molecule has 0 saturated carbocycles. The summed E-state index contributed by atoms with van der Waals surface area (Å²) in [5.41, 5.74) is 3.53. The Morgan fingerprint density at radius 2 is 1.46 bits per heavy atom. The smallest absolute Gasteiger partial charge is 0.255 e. The highest BCUT2D eigenvalue weighted by atomic mass is 16.5. The molecule has 2 atom stereocenters. The van der Waals surface area contributed by atoms with Gasteiger partial charge in [-0.1, -0.05) is 6.07 Å². The lowest BCUT2D eigenvalue weighted by molar-refractivity contribution is 0.101. The fraction of sp³-hybridized carbons (Fsp3) is 0.286. The maximum Gasteiger partial charge on any atom is 0.255 e. The fourth-order valence-corrected chi connectivity index (χ4v) is 6.40. The Bertz CT molecular complexity index is 1830. The standard InChI is InChI=1S/C35H36N4O7/c1-43-26-13-23(14-27(17-26)44-2)35(42)37-28-15-22(34(41)36-25-9-11-31(45-3)32(16-25)46-4)8-10-30(28)38-18-21-12-24(20-38)29-6-5-7-33(40)39(29)19-21/h5-11,13-17,21,24H,12,18-20H2,1-4H3,(H,36,41)(H,37,42). The van der Waals surface area contributed by atoms with E-state index in [9.17, 15) is 14.4 Å². The molecular weight excluding hydrogens is 588 g/mol. The number of aromatic nitrogens is 1. The first-order valence-corrected chi connectivity index (χ1v) is 15.0. The maximum atomic E-state index is 13.7. The number of pyridine rings is 1.